The monoisotopic (exact) mass is 396 g/mol. The summed E-state index contributed by atoms with van der Waals surface area (Å²) >= 11 is 6.22. The summed E-state index contributed by atoms with van der Waals surface area (Å²) in [5.41, 5.74) is 7.99. The molecule has 3 N–H and O–H groups in total. The second kappa shape index (κ2) is 8.49. The first-order chi connectivity index (χ1) is 13.4. The number of nitrogens with two attached hydrogens (primary N) is 1. The fourth-order valence-corrected chi connectivity index (χ4v) is 2.53. The van der Waals surface area contributed by atoms with Crippen molar-refractivity contribution >= 4 is 29.1 Å². The molecule has 28 heavy (non-hydrogen) atoms. The predicted molar refractivity (Wildman–Crippen MR) is 105 cm³/mol. The SMILES string of the molecule is Cc1ccc(C(=O)Nc2ccc(Cl)c(COc3cncc(C(N)=O)c3)c2)cn1. The van der Waals surface area contributed by atoms with Crippen molar-refractivity contribution in [3.8, 4) is 5.75 Å². The average Bonchev–Trinajstić information content (AvgIpc) is 2.69. The molecule has 0 saturated heterocycles. The maximum absolute atomic E-state index is 12.3. The van der Waals surface area contributed by atoms with E-state index in [1.54, 1.807) is 30.3 Å². The van der Waals surface area contributed by atoms with Gasteiger partial charge in [-0.2, -0.15) is 0 Å². The lowest BCUT2D eigenvalue weighted by atomic mass is 10.2. The van der Waals surface area contributed by atoms with Gasteiger partial charge < -0.3 is 15.8 Å². The lowest BCUT2D eigenvalue weighted by Crippen LogP contribution is -2.13. The van der Waals surface area contributed by atoms with Crippen molar-refractivity contribution in [3.05, 3.63) is 82.4 Å². The molecule has 3 aromatic rings. The van der Waals surface area contributed by atoms with Gasteiger partial charge in [0.2, 0.25) is 5.91 Å². The molecule has 0 aliphatic heterocycles. The smallest absolute Gasteiger partial charge is 0.257 e. The third kappa shape index (κ3) is 4.83. The van der Waals surface area contributed by atoms with Crippen molar-refractivity contribution in [3.63, 3.8) is 0 Å². The highest BCUT2D eigenvalue weighted by Crippen LogP contribution is 2.23. The van der Waals surface area contributed by atoms with Crippen LogP contribution in [0.15, 0.2) is 55.0 Å². The molecule has 0 unspecified atom stereocenters. The van der Waals surface area contributed by atoms with Crippen LogP contribution in [0.25, 0.3) is 0 Å². The van der Waals surface area contributed by atoms with Crippen molar-refractivity contribution in [2.24, 2.45) is 5.73 Å². The predicted octanol–water partition coefficient (Wildman–Crippen LogP) is 3.37. The number of aryl methyl sites for hydroxylation is 1. The van der Waals surface area contributed by atoms with E-state index in [2.05, 4.69) is 15.3 Å². The first-order valence-electron chi connectivity index (χ1n) is 8.32. The first kappa shape index (κ1) is 19.3. The molecule has 7 nitrogen and oxygen atoms in total. The number of rotatable bonds is 6. The lowest BCUT2D eigenvalue weighted by molar-refractivity contribution is 0.0996. The first-order valence-corrected chi connectivity index (χ1v) is 8.70. The third-order valence-corrected chi connectivity index (χ3v) is 4.24. The van der Waals surface area contributed by atoms with E-state index in [4.69, 9.17) is 22.1 Å². The molecule has 0 radical (unpaired) electrons. The Hall–Kier alpha value is -3.45. The molecule has 0 fully saturated rings. The van der Waals surface area contributed by atoms with Gasteiger partial charge in [-0.15, -0.1) is 0 Å². The van der Waals surface area contributed by atoms with Crippen LogP contribution >= 0.6 is 11.6 Å². The molecule has 2 aromatic heterocycles. The summed E-state index contributed by atoms with van der Waals surface area (Å²) in [6.45, 7) is 1.97. The quantitative estimate of drug-likeness (QED) is 0.664. The van der Waals surface area contributed by atoms with Gasteiger partial charge in [0, 0.05) is 34.4 Å². The van der Waals surface area contributed by atoms with E-state index < -0.39 is 5.91 Å². The highest BCUT2D eigenvalue weighted by atomic mass is 35.5. The van der Waals surface area contributed by atoms with Gasteiger partial charge in [0.25, 0.3) is 5.91 Å². The van der Waals surface area contributed by atoms with Gasteiger partial charge in [-0.1, -0.05) is 11.6 Å². The third-order valence-electron chi connectivity index (χ3n) is 3.87. The van der Waals surface area contributed by atoms with E-state index in [1.165, 1.54) is 24.7 Å². The second-order valence-electron chi connectivity index (χ2n) is 6.01. The van der Waals surface area contributed by atoms with Crippen LogP contribution in [0.1, 0.15) is 32.0 Å². The minimum atomic E-state index is -0.591. The zero-order valence-electron chi connectivity index (χ0n) is 15.0. The number of carbonyl (C=O) groups excluding carboxylic acids is 2. The molecular formula is C20H17ClN4O3. The van der Waals surface area contributed by atoms with Gasteiger partial charge in [0.1, 0.15) is 12.4 Å². The number of aromatic nitrogens is 2. The van der Waals surface area contributed by atoms with Gasteiger partial charge in [-0.25, -0.2) is 0 Å². The lowest BCUT2D eigenvalue weighted by Gasteiger charge is -2.11. The van der Waals surface area contributed by atoms with Crippen LogP contribution in [0, 0.1) is 6.92 Å². The van der Waals surface area contributed by atoms with E-state index in [-0.39, 0.29) is 18.1 Å². The maximum atomic E-state index is 12.3. The van der Waals surface area contributed by atoms with Crippen LogP contribution in [0.2, 0.25) is 5.02 Å². The number of nitrogens with zero attached hydrogens (tertiary/aromatic N) is 2. The molecule has 0 saturated carbocycles. The van der Waals surface area contributed by atoms with Crippen LogP contribution in [-0.2, 0) is 6.61 Å². The summed E-state index contributed by atoms with van der Waals surface area (Å²) in [6, 6.07) is 10.1. The number of anilines is 1. The number of benzene rings is 1. The Morgan fingerprint density at radius 3 is 2.64 bits per heavy atom. The van der Waals surface area contributed by atoms with E-state index >= 15 is 0 Å². The number of pyridine rings is 2. The Balaban J connectivity index is 1.71. The van der Waals surface area contributed by atoms with Crippen molar-refractivity contribution in [1.82, 2.24) is 9.97 Å². The zero-order valence-corrected chi connectivity index (χ0v) is 15.7. The van der Waals surface area contributed by atoms with Crippen molar-refractivity contribution in [1.29, 1.82) is 0 Å². The van der Waals surface area contributed by atoms with Crippen LogP contribution in [0.3, 0.4) is 0 Å². The largest absolute Gasteiger partial charge is 0.487 e. The summed E-state index contributed by atoms with van der Waals surface area (Å²) < 4.78 is 5.64. The van der Waals surface area contributed by atoms with Gasteiger partial charge in [-0.05, 0) is 43.3 Å². The van der Waals surface area contributed by atoms with Crippen LogP contribution < -0.4 is 15.8 Å². The Labute approximate surface area is 166 Å². The topological polar surface area (TPSA) is 107 Å². The highest BCUT2D eigenvalue weighted by molar-refractivity contribution is 6.31. The van der Waals surface area contributed by atoms with E-state index in [1.807, 2.05) is 6.92 Å². The average molecular weight is 397 g/mol. The van der Waals surface area contributed by atoms with Gasteiger partial charge >= 0.3 is 0 Å². The van der Waals surface area contributed by atoms with Crippen LogP contribution in [0.4, 0.5) is 5.69 Å². The molecule has 0 spiro atoms. The van der Waals surface area contributed by atoms with Gasteiger partial charge in [-0.3, -0.25) is 19.6 Å². The van der Waals surface area contributed by atoms with Crippen molar-refractivity contribution < 1.29 is 14.3 Å². The summed E-state index contributed by atoms with van der Waals surface area (Å²) in [4.78, 5) is 31.6. The Morgan fingerprint density at radius 2 is 1.93 bits per heavy atom. The number of amides is 2. The summed E-state index contributed by atoms with van der Waals surface area (Å²) in [7, 11) is 0. The molecule has 0 bridgehead atoms. The molecular weight excluding hydrogens is 380 g/mol. The van der Waals surface area contributed by atoms with E-state index in [0.717, 1.165) is 5.69 Å². The molecule has 0 aliphatic rings. The van der Waals surface area contributed by atoms with Crippen molar-refractivity contribution in [2.75, 3.05) is 5.32 Å². The van der Waals surface area contributed by atoms with Crippen LogP contribution in [0.5, 0.6) is 5.75 Å². The minimum Gasteiger partial charge on any atom is -0.487 e. The Bertz CT molecular complexity index is 1020. The van der Waals surface area contributed by atoms with Crippen LogP contribution in [-0.4, -0.2) is 21.8 Å². The number of primary amides is 1. The fourth-order valence-electron chi connectivity index (χ4n) is 2.36. The molecule has 142 valence electrons. The van der Waals surface area contributed by atoms with Gasteiger partial charge in [0.05, 0.1) is 17.3 Å². The molecule has 3 rings (SSSR count). The maximum Gasteiger partial charge on any atom is 0.257 e. The van der Waals surface area contributed by atoms with Gasteiger partial charge in [0.15, 0.2) is 0 Å². The molecule has 2 heterocycles. The van der Waals surface area contributed by atoms with Crippen molar-refractivity contribution in [2.45, 2.75) is 13.5 Å². The van der Waals surface area contributed by atoms with E-state index in [0.29, 0.717) is 27.6 Å². The number of hydrogen-bond donors (Lipinski definition) is 2. The number of hydrogen-bond acceptors (Lipinski definition) is 5. The summed E-state index contributed by atoms with van der Waals surface area (Å²) in [6.07, 6.45) is 4.35. The Kier molecular flexibility index (Phi) is 5.86. The number of ether oxygens (including phenoxy) is 1. The molecule has 0 aliphatic carbocycles. The number of carbonyl (C=O) groups is 2. The normalized spacial score (nSPS) is 10.4. The van der Waals surface area contributed by atoms with E-state index in [9.17, 15) is 9.59 Å². The minimum absolute atomic E-state index is 0.124. The highest BCUT2D eigenvalue weighted by Gasteiger charge is 2.10. The fraction of sp³-hybridized carbons (Fsp3) is 0.100. The summed E-state index contributed by atoms with van der Waals surface area (Å²) in [5, 5.41) is 3.28. The second-order valence-corrected chi connectivity index (χ2v) is 6.42. The Morgan fingerprint density at radius 1 is 1.11 bits per heavy atom. The molecule has 0 atom stereocenters. The zero-order chi connectivity index (χ0) is 20.1. The standard InChI is InChI=1S/C20H17ClN4O3/c1-12-2-3-13(9-24-12)20(27)25-16-4-5-18(21)15(6-16)11-28-17-7-14(19(22)26)8-23-10-17/h2-10H,11H2,1H3,(H2,22,26)(H,25,27). The summed E-state index contributed by atoms with van der Waals surface area (Å²) in [5.74, 6) is -0.487. The molecule has 2 amide bonds. The molecule has 8 heteroatoms. The number of nitrogens with one attached hydrogen (secondary N) is 1. The number of halogens is 1. The molecule has 1 aromatic carbocycles.